The van der Waals surface area contributed by atoms with Gasteiger partial charge < -0.3 is 0 Å². The van der Waals surface area contributed by atoms with E-state index in [2.05, 4.69) is 58.9 Å². The zero-order chi connectivity index (χ0) is 16.6. The third-order valence-corrected chi connectivity index (χ3v) is 4.34. The summed E-state index contributed by atoms with van der Waals surface area (Å²) in [6.45, 7) is 10.9. The Morgan fingerprint density at radius 2 is 1.77 bits per heavy atom. The zero-order valence-electron chi connectivity index (χ0n) is 15.2. The van der Waals surface area contributed by atoms with Crippen molar-refractivity contribution in [2.45, 2.75) is 79.6 Å². The van der Waals surface area contributed by atoms with Crippen molar-refractivity contribution in [2.75, 3.05) is 0 Å². The van der Waals surface area contributed by atoms with Crippen LogP contribution in [0.25, 0.3) is 0 Å². The number of Topliss-reactive ketones (excluding diaryl/α,β-unsaturated/α-hetero) is 1. The smallest absolute Gasteiger partial charge is 0.133 e. The van der Waals surface area contributed by atoms with Crippen LogP contribution in [0.15, 0.2) is 24.3 Å². The van der Waals surface area contributed by atoms with Crippen molar-refractivity contribution in [3.05, 3.63) is 35.4 Å². The zero-order valence-corrected chi connectivity index (χ0v) is 15.2. The molecular formula is C21H34O. The van der Waals surface area contributed by atoms with E-state index in [0.717, 1.165) is 19.3 Å². The average Bonchev–Trinajstić information content (AvgIpc) is 2.41. The predicted molar refractivity (Wildman–Crippen MR) is 96.2 cm³/mol. The number of hydrogen-bond donors (Lipinski definition) is 0. The van der Waals surface area contributed by atoms with Crippen molar-refractivity contribution >= 4 is 5.78 Å². The maximum atomic E-state index is 12.1. The van der Waals surface area contributed by atoms with Gasteiger partial charge in [-0.15, -0.1) is 0 Å². The Bertz CT molecular complexity index is 453. The number of aryl methyl sites for hydroxylation is 2. The molecule has 124 valence electrons. The Labute approximate surface area is 137 Å². The van der Waals surface area contributed by atoms with Crippen molar-refractivity contribution in [2.24, 2.45) is 11.3 Å². The summed E-state index contributed by atoms with van der Waals surface area (Å²) in [6, 6.07) is 8.66. The molecule has 0 aliphatic rings. The second kappa shape index (κ2) is 9.12. The minimum absolute atomic E-state index is 0.123. The number of rotatable bonds is 9. The summed E-state index contributed by atoms with van der Waals surface area (Å²) in [6.07, 6.45) is 7.35. The summed E-state index contributed by atoms with van der Waals surface area (Å²) in [5, 5.41) is 0. The molecule has 1 heteroatoms. The van der Waals surface area contributed by atoms with Crippen LogP contribution < -0.4 is 0 Å². The van der Waals surface area contributed by atoms with Gasteiger partial charge in [0.15, 0.2) is 0 Å². The topological polar surface area (TPSA) is 17.1 Å². The van der Waals surface area contributed by atoms with Crippen LogP contribution in [0, 0.1) is 18.3 Å². The Hall–Kier alpha value is -1.11. The van der Waals surface area contributed by atoms with Gasteiger partial charge >= 0.3 is 0 Å². The highest BCUT2D eigenvalue weighted by Gasteiger charge is 2.17. The molecule has 0 saturated heterocycles. The molecule has 22 heavy (non-hydrogen) atoms. The maximum Gasteiger partial charge on any atom is 0.133 e. The van der Waals surface area contributed by atoms with Gasteiger partial charge in [0.2, 0.25) is 0 Å². The standard InChI is InChI=1S/C21H34O/c1-6-9-18(13-15-20(22)16-21(3,4)5)12-14-19-11-8-7-10-17(19)2/h7-8,10-11,18H,6,9,12-16H2,1-5H3. The molecule has 0 aliphatic carbocycles. The van der Waals surface area contributed by atoms with Gasteiger partial charge in [0.05, 0.1) is 0 Å². The quantitative estimate of drug-likeness (QED) is 0.536. The first-order chi connectivity index (χ1) is 10.3. The monoisotopic (exact) mass is 302 g/mol. The van der Waals surface area contributed by atoms with E-state index in [1.165, 1.54) is 30.4 Å². The first-order valence-electron chi connectivity index (χ1n) is 8.88. The fourth-order valence-electron chi connectivity index (χ4n) is 3.14. The third-order valence-electron chi connectivity index (χ3n) is 4.34. The summed E-state index contributed by atoms with van der Waals surface area (Å²) >= 11 is 0. The molecule has 0 aliphatic heterocycles. The highest BCUT2D eigenvalue weighted by Crippen LogP contribution is 2.24. The SMILES string of the molecule is CCCC(CCC(=O)CC(C)(C)C)CCc1ccccc1C. The van der Waals surface area contributed by atoms with Crippen LogP contribution >= 0.6 is 0 Å². The van der Waals surface area contributed by atoms with Gasteiger partial charge in [-0.2, -0.15) is 0 Å². The lowest BCUT2D eigenvalue weighted by atomic mass is 9.85. The van der Waals surface area contributed by atoms with E-state index in [1.54, 1.807) is 0 Å². The summed E-state index contributed by atoms with van der Waals surface area (Å²) in [7, 11) is 0. The van der Waals surface area contributed by atoms with E-state index < -0.39 is 0 Å². The summed E-state index contributed by atoms with van der Waals surface area (Å²) < 4.78 is 0. The van der Waals surface area contributed by atoms with Crippen molar-refractivity contribution in [1.29, 1.82) is 0 Å². The van der Waals surface area contributed by atoms with Gasteiger partial charge in [-0.25, -0.2) is 0 Å². The van der Waals surface area contributed by atoms with E-state index in [-0.39, 0.29) is 5.41 Å². The Kier molecular flexibility index (Phi) is 7.85. The lowest BCUT2D eigenvalue weighted by molar-refractivity contribution is -0.121. The van der Waals surface area contributed by atoms with Gasteiger partial charge in [-0.3, -0.25) is 4.79 Å². The van der Waals surface area contributed by atoms with Crippen LogP contribution in [0.1, 0.15) is 77.3 Å². The molecule has 1 unspecified atom stereocenters. The molecule has 0 saturated carbocycles. The van der Waals surface area contributed by atoms with Gasteiger partial charge in [0.1, 0.15) is 5.78 Å². The Balaban J connectivity index is 2.45. The lowest BCUT2D eigenvalue weighted by Gasteiger charge is -2.19. The largest absolute Gasteiger partial charge is 0.300 e. The summed E-state index contributed by atoms with van der Waals surface area (Å²) in [5.74, 6) is 1.12. The van der Waals surface area contributed by atoms with Crippen LogP contribution in [0.3, 0.4) is 0 Å². The molecule has 0 spiro atoms. The van der Waals surface area contributed by atoms with Crippen molar-refractivity contribution < 1.29 is 4.79 Å². The van der Waals surface area contributed by atoms with Crippen LogP contribution in [0.2, 0.25) is 0 Å². The van der Waals surface area contributed by atoms with Crippen LogP contribution in [0.4, 0.5) is 0 Å². The predicted octanol–water partition coefficient (Wildman–Crippen LogP) is 6.13. The Morgan fingerprint density at radius 3 is 2.36 bits per heavy atom. The molecular weight excluding hydrogens is 268 g/mol. The van der Waals surface area contributed by atoms with E-state index in [0.29, 0.717) is 18.1 Å². The molecule has 1 nitrogen and oxygen atoms in total. The summed E-state index contributed by atoms with van der Waals surface area (Å²) in [4.78, 5) is 12.1. The number of carbonyl (C=O) groups is 1. The minimum Gasteiger partial charge on any atom is -0.300 e. The first kappa shape index (κ1) is 18.9. The van der Waals surface area contributed by atoms with Gasteiger partial charge in [0, 0.05) is 12.8 Å². The molecule has 0 fully saturated rings. The number of benzene rings is 1. The highest BCUT2D eigenvalue weighted by molar-refractivity contribution is 5.78. The lowest BCUT2D eigenvalue weighted by Crippen LogP contribution is -2.14. The van der Waals surface area contributed by atoms with Gasteiger partial charge in [-0.05, 0) is 48.6 Å². The second-order valence-corrected chi connectivity index (χ2v) is 7.93. The van der Waals surface area contributed by atoms with Gasteiger partial charge in [-0.1, -0.05) is 64.8 Å². The molecule has 0 aromatic heterocycles. The van der Waals surface area contributed by atoms with E-state index in [4.69, 9.17) is 0 Å². The fourth-order valence-corrected chi connectivity index (χ4v) is 3.14. The van der Waals surface area contributed by atoms with Crippen molar-refractivity contribution in [3.63, 3.8) is 0 Å². The van der Waals surface area contributed by atoms with Crippen molar-refractivity contribution in [1.82, 2.24) is 0 Å². The second-order valence-electron chi connectivity index (χ2n) is 7.93. The molecule has 0 heterocycles. The Morgan fingerprint density at radius 1 is 1.09 bits per heavy atom. The molecule has 1 aromatic rings. The maximum absolute atomic E-state index is 12.1. The van der Waals surface area contributed by atoms with E-state index in [1.807, 2.05) is 0 Å². The number of carbonyl (C=O) groups excluding carboxylic acids is 1. The summed E-state index contributed by atoms with van der Waals surface area (Å²) in [5.41, 5.74) is 2.98. The first-order valence-corrected chi connectivity index (χ1v) is 8.88. The molecule has 1 atom stereocenters. The molecule has 1 aromatic carbocycles. The highest BCUT2D eigenvalue weighted by atomic mass is 16.1. The molecule has 0 bridgehead atoms. The van der Waals surface area contributed by atoms with E-state index in [9.17, 15) is 4.79 Å². The minimum atomic E-state index is 0.123. The van der Waals surface area contributed by atoms with Gasteiger partial charge in [0.25, 0.3) is 0 Å². The number of hydrogen-bond acceptors (Lipinski definition) is 1. The molecule has 0 radical (unpaired) electrons. The fraction of sp³-hybridized carbons (Fsp3) is 0.667. The average molecular weight is 303 g/mol. The third kappa shape index (κ3) is 7.77. The van der Waals surface area contributed by atoms with Crippen molar-refractivity contribution in [3.8, 4) is 0 Å². The van der Waals surface area contributed by atoms with Crippen LogP contribution in [0.5, 0.6) is 0 Å². The number of ketones is 1. The molecule has 0 amide bonds. The van der Waals surface area contributed by atoms with E-state index >= 15 is 0 Å². The van der Waals surface area contributed by atoms with Crippen LogP contribution in [-0.2, 0) is 11.2 Å². The normalized spacial score (nSPS) is 13.1. The molecule has 0 N–H and O–H groups in total. The van der Waals surface area contributed by atoms with Crippen LogP contribution in [-0.4, -0.2) is 5.78 Å². The molecule has 1 rings (SSSR count).